The Morgan fingerprint density at radius 3 is 2.76 bits per heavy atom. The van der Waals surface area contributed by atoms with Crippen LogP contribution in [0.3, 0.4) is 0 Å². The molecule has 1 aromatic heterocycles. The molecular formula is C16H24N2O3. The third-order valence-corrected chi connectivity index (χ3v) is 4.09. The fraction of sp³-hybridized carbons (Fsp3) is 0.625. The molecule has 1 saturated heterocycles. The Balaban J connectivity index is 1.84. The average molecular weight is 292 g/mol. The van der Waals surface area contributed by atoms with Crippen LogP contribution >= 0.6 is 0 Å². The van der Waals surface area contributed by atoms with Crippen molar-refractivity contribution in [3.05, 3.63) is 24.0 Å². The number of ether oxygens (including phenoxy) is 1. The molecule has 1 aromatic rings. The summed E-state index contributed by atoms with van der Waals surface area (Å²) in [6.45, 7) is 7.06. The first kappa shape index (κ1) is 15.9. The third kappa shape index (κ3) is 4.25. The van der Waals surface area contributed by atoms with E-state index in [-0.39, 0.29) is 11.9 Å². The van der Waals surface area contributed by atoms with Gasteiger partial charge >= 0.3 is 0 Å². The molecule has 1 atom stereocenters. The highest BCUT2D eigenvalue weighted by Crippen LogP contribution is 2.22. The molecule has 116 valence electrons. The Labute approximate surface area is 125 Å². The number of aliphatic hydroxyl groups is 1. The Kier molecular flexibility index (Phi) is 4.96. The van der Waals surface area contributed by atoms with E-state index in [4.69, 9.17) is 4.74 Å². The number of pyridine rings is 1. The molecule has 1 aliphatic rings. The fourth-order valence-corrected chi connectivity index (χ4v) is 2.50. The smallest absolute Gasteiger partial charge is 0.162 e. The first-order valence-electron chi connectivity index (χ1n) is 7.41. The summed E-state index contributed by atoms with van der Waals surface area (Å²) in [7, 11) is 0. The number of likely N-dealkylation sites (tertiary alicyclic amines) is 1. The summed E-state index contributed by atoms with van der Waals surface area (Å²) in [5, 5.41) is 10.1. The van der Waals surface area contributed by atoms with Crippen LogP contribution in [-0.2, 0) is 4.79 Å². The van der Waals surface area contributed by atoms with Gasteiger partial charge in [0.05, 0.1) is 0 Å². The molecule has 21 heavy (non-hydrogen) atoms. The summed E-state index contributed by atoms with van der Waals surface area (Å²) in [4.78, 5) is 17.6. The summed E-state index contributed by atoms with van der Waals surface area (Å²) in [6, 6.07) is 1.89. The van der Waals surface area contributed by atoms with E-state index in [1.807, 2.05) is 13.0 Å². The molecule has 1 fully saturated rings. The minimum absolute atomic E-state index is 0.185. The summed E-state index contributed by atoms with van der Waals surface area (Å²) >= 11 is 0. The SMILES string of the molecule is CC(=O)C(C)(O)CN1CCC(Oc2ccncc2C)CC1. The molecule has 1 aliphatic heterocycles. The zero-order valence-electron chi connectivity index (χ0n) is 13.0. The molecule has 2 rings (SSSR count). The predicted molar refractivity (Wildman–Crippen MR) is 80.4 cm³/mol. The van der Waals surface area contributed by atoms with Gasteiger partial charge in [-0.3, -0.25) is 14.7 Å². The van der Waals surface area contributed by atoms with Crippen molar-refractivity contribution in [2.75, 3.05) is 19.6 Å². The van der Waals surface area contributed by atoms with Gasteiger partial charge in [0.15, 0.2) is 5.78 Å². The topological polar surface area (TPSA) is 62.7 Å². The van der Waals surface area contributed by atoms with E-state index >= 15 is 0 Å². The second kappa shape index (κ2) is 6.54. The number of hydrogen-bond donors (Lipinski definition) is 1. The number of carbonyl (C=O) groups excluding carboxylic acids is 1. The molecule has 0 bridgehead atoms. The van der Waals surface area contributed by atoms with Crippen molar-refractivity contribution in [3.63, 3.8) is 0 Å². The van der Waals surface area contributed by atoms with Crippen LogP contribution in [0.25, 0.3) is 0 Å². The lowest BCUT2D eigenvalue weighted by molar-refractivity contribution is -0.135. The third-order valence-electron chi connectivity index (χ3n) is 4.09. The molecule has 5 nitrogen and oxygen atoms in total. The van der Waals surface area contributed by atoms with Crippen LogP contribution in [0.15, 0.2) is 18.5 Å². The van der Waals surface area contributed by atoms with Gasteiger partial charge in [-0.25, -0.2) is 0 Å². The van der Waals surface area contributed by atoms with E-state index in [1.54, 1.807) is 19.3 Å². The molecule has 2 heterocycles. The van der Waals surface area contributed by atoms with Crippen molar-refractivity contribution in [1.29, 1.82) is 0 Å². The summed E-state index contributed by atoms with van der Waals surface area (Å²) < 4.78 is 6.02. The molecule has 0 spiro atoms. The minimum Gasteiger partial charge on any atom is -0.490 e. The van der Waals surface area contributed by atoms with Gasteiger partial charge in [0.25, 0.3) is 0 Å². The standard InChI is InChI=1S/C16H24N2O3/c1-12-10-17-7-4-15(12)21-14-5-8-18(9-6-14)11-16(3,20)13(2)19/h4,7,10,14,20H,5-6,8-9,11H2,1-3H3. The van der Waals surface area contributed by atoms with Gasteiger partial charge in [-0.1, -0.05) is 0 Å². The first-order valence-corrected chi connectivity index (χ1v) is 7.41. The maximum atomic E-state index is 11.4. The molecule has 5 heteroatoms. The normalized spacial score (nSPS) is 20.0. The number of piperidine rings is 1. The maximum absolute atomic E-state index is 11.4. The molecule has 1 N–H and O–H groups in total. The number of nitrogens with zero attached hydrogens (tertiary/aromatic N) is 2. The summed E-state index contributed by atoms with van der Waals surface area (Å²) in [6.07, 6.45) is 5.52. The summed E-state index contributed by atoms with van der Waals surface area (Å²) in [5.74, 6) is 0.701. The van der Waals surface area contributed by atoms with Gasteiger partial charge in [0.1, 0.15) is 17.5 Å². The van der Waals surface area contributed by atoms with E-state index in [0.29, 0.717) is 6.54 Å². The van der Waals surface area contributed by atoms with Gasteiger partial charge < -0.3 is 9.84 Å². The maximum Gasteiger partial charge on any atom is 0.162 e. The predicted octanol–water partition coefficient (Wildman–Crippen LogP) is 1.57. The number of Topliss-reactive ketones (excluding diaryl/α,β-unsaturated/α-hetero) is 1. The largest absolute Gasteiger partial charge is 0.490 e. The number of β-amino-alcohol motifs (C(OH)–C–C–N with tert-alkyl or cyclic N) is 1. The van der Waals surface area contributed by atoms with Crippen molar-refractivity contribution >= 4 is 5.78 Å². The van der Waals surface area contributed by atoms with E-state index in [1.165, 1.54) is 6.92 Å². The lowest BCUT2D eigenvalue weighted by Crippen LogP contribution is -2.49. The van der Waals surface area contributed by atoms with Gasteiger partial charge in [-0.2, -0.15) is 0 Å². The fourth-order valence-electron chi connectivity index (χ4n) is 2.50. The average Bonchev–Trinajstić information content (AvgIpc) is 2.43. The molecular weight excluding hydrogens is 268 g/mol. The lowest BCUT2D eigenvalue weighted by atomic mass is 9.99. The highest BCUT2D eigenvalue weighted by molar-refractivity contribution is 5.84. The molecule has 0 amide bonds. The molecule has 0 radical (unpaired) electrons. The number of aromatic nitrogens is 1. The zero-order chi connectivity index (χ0) is 15.5. The quantitative estimate of drug-likeness (QED) is 0.892. The number of hydrogen-bond acceptors (Lipinski definition) is 5. The van der Waals surface area contributed by atoms with Gasteiger partial charge in [0, 0.05) is 37.6 Å². The van der Waals surface area contributed by atoms with Crippen LogP contribution in [0.4, 0.5) is 0 Å². The van der Waals surface area contributed by atoms with Crippen LogP contribution in [0.5, 0.6) is 5.75 Å². The number of rotatable bonds is 5. The highest BCUT2D eigenvalue weighted by atomic mass is 16.5. The van der Waals surface area contributed by atoms with Crippen LogP contribution in [-0.4, -0.2) is 52.1 Å². The molecule has 0 saturated carbocycles. The lowest BCUT2D eigenvalue weighted by Gasteiger charge is -2.35. The summed E-state index contributed by atoms with van der Waals surface area (Å²) in [5.41, 5.74) is -0.213. The second-order valence-corrected chi connectivity index (χ2v) is 6.06. The Hall–Kier alpha value is -1.46. The number of carbonyl (C=O) groups is 1. The van der Waals surface area contributed by atoms with E-state index in [0.717, 1.165) is 37.2 Å². The van der Waals surface area contributed by atoms with Crippen LogP contribution < -0.4 is 4.74 Å². The van der Waals surface area contributed by atoms with Crippen LogP contribution in [0.1, 0.15) is 32.3 Å². The van der Waals surface area contributed by atoms with Crippen molar-refractivity contribution in [2.24, 2.45) is 0 Å². The Morgan fingerprint density at radius 2 is 2.19 bits per heavy atom. The Morgan fingerprint density at radius 1 is 1.52 bits per heavy atom. The zero-order valence-corrected chi connectivity index (χ0v) is 13.0. The van der Waals surface area contributed by atoms with Gasteiger partial charge in [-0.05, 0) is 39.7 Å². The van der Waals surface area contributed by atoms with Crippen molar-refractivity contribution in [2.45, 2.75) is 45.3 Å². The van der Waals surface area contributed by atoms with E-state index in [9.17, 15) is 9.90 Å². The van der Waals surface area contributed by atoms with E-state index < -0.39 is 5.60 Å². The number of aryl methyl sites for hydroxylation is 1. The van der Waals surface area contributed by atoms with Crippen LogP contribution in [0.2, 0.25) is 0 Å². The van der Waals surface area contributed by atoms with Crippen molar-refractivity contribution in [1.82, 2.24) is 9.88 Å². The molecule has 0 aromatic carbocycles. The number of ketones is 1. The molecule has 1 unspecified atom stereocenters. The van der Waals surface area contributed by atoms with Crippen LogP contribution in [0, 0.1) is 6.92 Å². The van der Waals surface area contributed by atoms with Crippen molar-refractivity contribution in [3.8, 4) is 5.75 Å². The van der Waals surface area contributed by atoms with Gasteiger partial charge in [-0.15, -0.1) is 0 Å². The Bertz CT molecular complexity index is 494. The molecule has 0 aliphatic carbocycles. The monoisotopic (exact) mass is 292 g/mol. The van der Waals surface area contributed by atoms with Crippen molar-refractivity contribution < 1.29 is 14.6 Å². The highest BCUT2D eigenvalue weighted by Gasteiger charge is 2.31. The minimum atomic E-state index is -1.25. The van der Waals surface area contributed by atoms with Gasteiger partial charge in [0.2, 0.25) is 0 Å². The first-order chi connectivity index (χ1) is 9.88. The second-order valence-electron chi connectivity index (χ2n) is 6.06. The van der Waals surface area contributed by atoms with E-state index in [2.05, 4.69) is 9.88 Å².